The molecular formula is C15H24N4O2. The monoisotopic (exact) mass is 292 g/mol. The molecule has 0 unspecified atom stereocenters. The molecule has 0 aromatic heterocycles. The summed E-state index contributed by atoms with van der Waals surface area (Å²) in [6, 6.07) is 7.83. The van der Waals surface area contributed by atoms with Gasteiger partial charge < -0.3 is 20.3 Å². The van der Waals surface area contributed by atoms with Gasteiger partial charge in [-0.15, -0.1) is 0 Å². The summed E-state index contributed by atoms with van der Waals surface area (Å²) in [5.41, 5.74) is 1.10. The molecule has 1 rings (SSSR count). The average molecular weight is 292 g/mol. The van der Waals surface area contributed by atoms with E-state index in [0.29, 0.717) is 25.5 Å². The molecule has 0 fully saturated rings. The zero-order chi connectivity index (χ0) is 15.7. The van der Waals surface area contributed by atoms with Crippen molar-refractivity contribution in [2.45, 2.75) is 13.0 Å². The SMILES string of the molecule is CN=C(NCCC(=O)N(C)C)NCc1cccc(OC)c1. The molecule has 6 nitrogen and oxygen atoms in total. The van der Waals surface area contributed by atoms with Crippen molar-refractivity contribution in [2.75, 3.05) is 34.8 Å². The van der Waals surface area contributed by atoms with E-state index in [2.05, 4.69) is 15.6 Å². The lowest BCUT2D eigenvalue weighted by atomic mass is 10.2. The van der Waals surface area contributed by atoms with Gasteiger partial charge in [-0.2, -0.15) is 0 Å². The van der Waals surface area contributed by atoms with Crippen LogP contribution in [0.5, 0.6) is 5.75 Å². The second-order valence-corrected chi connectivity index (χ2v) is 4.74. The predicted octanol–water partition coefficient (Wildman–Crippen LogP) is 0.839. The average Bonchev–Trinajstić information content (AvgIpc) is 2.50. The van der Waals surface area contributed by atoms with Gasteiger partial charge in [0, 0.05) is 40.7 Å². The lowest BCUT2D eigenvalue weighted by molar-refractivity contribution is -0.128. The molecule has 0 aliphatic heterocycles. The van der Waals surface area contributed by atoms with Crippen LogP contribution in [0.1, 0.15) is 12.0 Å². The number of hydrogen-bond donors (Lipinski definition) is 2. The van der Waals surface area contributed by atoms with Gasteiger partial charge in [-0.1, -0.05) is 12.1 Å². The van der Waals surface area contributed by atoms with Crippen LogP contribution in [-0.4, -0.2) is 51.6 Å². The molecule has 1 aromatic rings. The summed E-state index contributed by atoms with van der Waals surface area (Å²) in [7, 11) is 6.85. The Labute approximate surface area is 126 Å². The smallest absolute Gasteiger partial charge is 0.223 e. The summed E-state index contributed by atoms with van der Waals surface area (Å²) >= 11 is 0. The number of carbonyl (C=O) groups is 1. The fourth-order valence-corrected chi connectivity index (χ4v) is 1.70. The first kappa shape index (κ1) is 16.8. The van der Waals surface area contributed by atoms with Crippen LogP contribution in [0, 0.1) is 0 Å². The number of nitrogens with zero attached hydrogens (tertiary/aromatic N) is 2. The zero-order valence-corrected chi connectivity index (χ0v) is 13.1. The lowest BCUT2D eigenvalue weighted by Gasteiger charge is -2.14. The number of hydrogen-bond acceptors (Lipinski definition) is 3. The van der Waals surface area contributed by atoms with Gasteiger partial charge in [-0.25, -0.2) is 0 Å². The molecule has 1 amide bonds. The summed E-state index contributed by atoms with van der Waals surface area (Å²) in [6.45, 7) is 1.19. The molecule has 6 heteroatoms. The molecule has 0 spiro atoms. The minimum absolute atomic E-state index is 0.0887. The summed E-state index contributed by atoms with van der Waals surface area (Å²) in [5.74, 6) is 1.59. The van der Waals surface area contributed by atoms with E-state index < -0.39 is 0 Å². The van der Waals surface area contributed by atoms with Gasteiger partial charge in [-0.3, -0.25) is 9.79 Å². The van der Waals surface area contributed by atoms with Gasteiger partial charge in [-0.05, 0) is 17.7 Å². The van der Waals surface area contributed by atoms with Gasteiger partial charge in [0.05, 0.1) is 7.11 Å². The van der Waals surface area contributed by atoms with E-state index in [0.717, 1.165) is 11.3 Å². The summed E-state index contributed by atoms with van der Waals surface area (Å²) < 4.78 is 5.19. The predicted molar refractivity (Wildman–Crippen MR) is 84.5 cm³/mol. The third kappa shape index (κ3) is 6.16. The summed E-state index contributed by atoms with van der Waals surface area (Å²) in [4.78, 5) is 17.2. The third-order valence-electron chi connectivity index (χ3n) is 2.95. The van der Waals surface area contributed by atoms with Crippen molar-refractivity contribution < 1.29 is 9.53 Å². The molecule has 1 aromatic carbocycles. The highest BCUT2D eigenvalue weighted by Gasteiger charge is 2.04. The molecule has 2 N–H and O–H groups in total. The number of methoxy groups -OCH3 is 1. The minimum atomic E-state index is 0.0887. The maximum Gasteiger partial charge on any atom is 0.223 e. The topological polar surface area (TPSA) is 66.0 Å². The van der Waals surface area contributed by atoms with Gasteiger partial charge >= 0.3 is 0 Å². The van der Waals surface area contributed by atoms with E-state index in [1.807, 2.05) is 24.3 Å². The lowest BCUT2D eigenvalue weighted by Crippen LogP contribution is -2.38. The van der Waals surface area contributed by atoms with Crippen molar-refractivity contribution in [3.63, 3.8) is 0 Å². The van der Waals surface area contributed by atoms with Crippen LogP contribution < -0.4 is 15.4 Å². The Kier molecular flexibility index (Phi) is 7.08. The second kappa shape index (κ2) is 8.84. The first-order chi connectivity index (χ1) is 10.1. The van der Waals surface area contributed by atoms with Crippen LogP contribution in [0.15, 0.2) is 29.3 Å². The second-order valence-electron chi connectivity index (χ2n) is 4.74. The fraction of sp³-hybridized carbons (Fsp3) is 0.467. The number of aliphatic imine (C=N–C) groups is 1. The van der Waals surface area contributed by atoms with E-state index in [1.54, 1.807) is 33.2 Å². The van der Waals surface area contributed by atoms with Gasteiger partial charge in [0.1, 0.15) is 5.75 Å². The largest absolute Gasteiger partial charge is 0.497 e. The van der Waals surface area contributed by atoms with E-state index in [9.17, 15) is 4.79 Å². The van der Waals surface area contributed by atoms with Crippen molar-refractivity contribution in [1.82, 2.24) is 15.5 Å². The molecule has 116 valence electrons. The highest BCUT2D eigenvalue weighted by Crippen LogP contribution is 2.11. The van der Waals surface area contributed by atoms with Crippen molar-refractivity contribution in [3.05, 3.63) is 29.8 Å². The number of amides is 1. The molecule has 0 aliphatic rings. The molecule has 0 aliphatic carbocycles. The highest BCUT2D eigenvalue weighted by molar-refractivity contribution is 5.81. The molecule has 0 radical (unpaired) electrons. The van der Waals surface area contributed by atoms with Gasteiger partial charge in [0.25, 0.3) is 0 Å². The number of carbonyl (C=O) groups excluding carboxylic acids is 1. The maximum absolute atomic E-state index is 11.5. The van der Waals surface area contributed by atoms with E-state index >= 15 is 0 Å². The van der Waals surface area contributed by atoms with Crippen molar-refractivity contribution in [3.8, 4) is 5.75 Å². The zero-order valence-electron chi connectivity index (χ0n) is 13.1. The Morgan fingerprint density at radius 3 is 2.71 bits per heavy atom. The van der Waals surface area contributed by atoms with Crippen LogP contribution in [0.2, 0.25) is 0 Å². The minimum Gasteiger partial charge on any atom is -0.497 e. The van der Waals surface area contributed by atoms with Crippen LogP contribution in [0.3, 0.4) is 0 Å². The van der Waals surface area contributed by atoms with E-state index in [-0.39, 0.29) is 5.91 Å². The first-order valence-electron chi connectivity index (χ1n) is 6.84. The van der Waals surface area contributed by atoms with Crippen LogP contribution in [0.25, 0.3) is 0 Å². The highest BCUT2D eigenvalue weighted by atomic mass is 16.5. The number of ether oxygens (including phenoxy) is 1. The molecule has 0 saturated carbocycles. The normalized spacial score (nSPS) is 11.0. The fourth-order valence-electron chi connectivity index (χ4n) is 1.70. The van der Waals surface area contributed by atoms with Crippen molar-refractivity contribution >= 4 is 11.9 Å². The summed E-state index contributed by atoms with van der Waals surface area (Å²) in [5, 5.41) is 6.31. The number of benzene rings is 1. The quantitative estimate of drug-likeness (QED) is 0.602. The van der Waals surface area contributed by atoms with Crippen LogP contribution in [-0.2, 0) is 11.3 Å². The standard InChI is InChI=1S/C15H24N4O2/c1-16-15(17-9-8-14(20)19(2)3)18-11-12-6-5-7-13(10-12)21-4/h5-7,10H,8-9,11H2,1-4H3,(H2,16,17,18). The molecule has 0 bridgehead atoms. The molecule has 0 saturated heterocycles. The Bertz CT molecular complexity index is 486. The van der Waals surface area contributed by atoms with Crippen LogP contribution in [0.4, 0.5) is 0 Å². The number of nitrogens with one attached hydrogen (secondary N) is 2. The Hall–Kier alpha value is -2.24. The first-order valence-corrected chi connectivity index (χ1v) is 6.84. The van der Waals surface area contributed by atoms with Gasteiger partial charge in [0.15, 0.2) is 5.96 Å². The van der Waals surface area contributed by atoms with Gasteiger partial charge in [0.2, 0.25) is 5.91 Å². The van der Waals surface area contributed by atoms with Crippen molar-refractivity contribution in [1.29, 1.82) is 0 Å². The molecular weight excluding hydrogens is 268 g/mol. The molecule has 0 atom stereocenters. The molecule has 0 heterocycles. The third-order valence-corrected chi connectivity index (χ3v) is 2.95. The molecule has 21 heavy (non-hydrogen) atoms. The van der Waals surface area contributed by atoms with E-state index in [1.165, 1.54) is 0 Å². The van der Waals surface area contributed by atoms with Crippen molar-refractivity contribution in [2.24, 2.45) is 4.99 Å². The number of rotatable bonds is 6. The Balaban J connectivity index is 2.39. The summed E-state index contributed by atoms with van der Waals surface area (Å²) in [6.07, 6.45) is 0.437. The van der Waals surface area contributed by atoms with E-state index in [4.69, 9.17) is 4.74 Å². The Morgan fingerprint density at radius 1 is 1.33 bits per heavy atom. The number of guanidine groups is 1. The van der Waals surface area contributed by atoms with Crippen LogP contribution >= 0.6 is 0 Å². The Morgan fingerprint density at radius 2 is 2.10 bits per heavy atom. The maximum atomic E-state index is 11.5.